The molecule has 0 spiro atoms. The van der Waals surface area contributed by atoms with E-state index in [9.17, 15) is 13.6 Å². The number of piperazine rings is 1. The molecule has 0 bridgehead atoms. The van der Waals surface area contributed by atoms with E-state index >= 15 is 0 Å². The van der Waals surface area contributed by atoms with Crippen LogP contribution < -0.4 is 10.2 Å². The Morgan fingerprint density at radius 1 is 1.00 bits per heavy atom. The number of benzene rings is 2. The SMILES string of the molecule is CC(NC(=O)N1CCN(c2ccccc2)CC1)c1ccc(F)c(F)c1. The fraction of sp³-hybridized carbons (Fsp3) is 0.316. The third-order valence-electron chi connectivity index (χ3n) is 4.47. The summed E-state index contributed by atoms with van der Waals surface area (Å²) in [6.45, 7) is 4.51. The van der Waals surface area contributed by atoms with Crippen molar-refractivity contribution >= 4 is 11.7 Å². The van der Waals surface area contributed by atoms with Crippen molar-refractivity contribution in [2.24, 2.45) is 0 Å². The van der Waals surface area contributed by atoms with Crippen LogP contribution in [0.2, 0.25) is 0 Å². The minimum absolute atomic E-state index is 0.190. The maximum Gasteiger partial charge on any atom is 0.317 e. The van der Waals surface area contributed by atoms with Crippen molar-refractivity contribution in [1.82, 2.24) is 10.2 Å². The van der Waals surface area contributed by atoms with E-state index < -0.39 is 17.7 Å². The molecule has 1 heterocycles. The van der Waals surface area contributed by atoms with Gasteiger partial charge in [0.25, 0.3) is 0 Å². The lowest BCUT2D eigenvalue weighted by Gasteiger charge is -2.36. The molecule has 3 rings (SSSR count). The Kier molecular flexibility index (Phi) is 5.16. The van der Waals surface area contributed by atoms with E-state index in [-0.39, 0.29) is 6.03 Å². The van der Waals surface area contributed by atoms with Crippen molar-refractivity contribution in [2.75, 3.05) is 31.1 Å². The van der Waals surface area contributed by atoms with Crippen LogP contribution in [-0.2, 0) is 0 Å². The molecule has 1 unspecified atom stereocenters. The summed E-state index contributed by atoms with van der Waals surface area (Å²) in [5.41, 5.74) is 1.69. The van der Waals surface area contributed by atoms with Crippen LogP contribution in [0.15, 0.2) is 48.5 Å². The lowest BCUT2D eigenvalue weighted by molar-refractivity contribution is 0.191. The number of amides is 2. The number of hydrogen-bond acceptors (Lipinski definition) is 2. The normalized spacial score (nSPS) is 15.8. The third-order valence-corrected chi connectivity index (χ3v) is 4.47. The highest BCUT2D eigenvalue weighted by Crippen LogP contribution is 2.18. The average Bonchev–Trinajstić information content (AvgIpc) is 2.64. The van der Waals surface area contributed by atoms with Gasteiger partial charge in [-0.05, 0) is 36.8 Å². The van der Waals surface area contributed by atoms with Crippen LogP contribution in [0.4, 0.5) is 19.3 Å². The van der Waals surface area contributed by atoms with E-state index in [0.717, 1.165) is 30.9 Å². The fourth-order valence-electron chi connectivity index (χ4n) is 2.95. The molecule has 0 radical (unpaired) electrons. The summed E-state index contributed by atoms with van der Waals surface area (Å²) in [6.07, 6.45) is 0. The first-order valence-electron chi connectivity index (χ1n) is 8.35. The maximum absolute atomic E-state index is 13.3. The number of hydrogen-bond donors (Lipinski definition) is 1. The topological polar surface area (TPSA) is 35.6 Å². The highest BCUT2D eigenvalue weighted by molar-refractivity contribution is 5.75. The quantitative estimate of drug-likeness (QED) is 0.923. The van der Waals surface area contributed by atoms with Crippen LogP contribution in [0.5, 0.6) is 0 Å². The Balaban J connectivity index is 1.55. The Hall–Kier alpha value is -2.63. The van der Waals surface area contributed by atoms with E-state index in [0.29, 0.717) is 18.7 Å². The second-order valence-corrected chi connectivity index (χ2v) is 6.15. The van der Waals surface area contributed by atoms with Crippen molar-refractivity contribution in [2.45, 2.75) is 13.0 Å². The molecule has 2 aromatic rings. The number of urea groups is 1. The van der Waals surface area contributed by atoms with E-state index in [1.54, 1.807) is 11.8 Å². The summed E-state index contributed by atoms with van der Waals surface area (Å²) in [4.78, 5) is 16.4. The number of rotatable bonds is 3. The summed E-state index contributed by atoms with van der Waals surface area (Å²) >= 11 is 0. The highest BCUT2D eigenvalue weighted by Gasteiger charge is 2.22. The summed E-state index contributed by atoms with van der Waals surface area (Å²) in [6, 6.07) is 13.2. The smallest absolute Gasteiger partial charge is 0.317 e. The van der Waals surface area contributed by atoms with Gasteiger partial charge in [0.05, 0.1) is 6.04 Å². The molecule has 0 aliphatic carbocycles. The van der Waals surface area contributed by atoms with Crippen molar-refractivity contribution in [3.8, 4) is 0 Å². The predicted octanol–water partition coefficient (Wildman–Crippen LogP) is 3.56. The summed E-state index contributed by atoms with van der Waals surface area (Å²) in [5, 5.41) is 2.85. The van der Waals surface area contributed by atoms with Crippen molar-refractivity contribution in [3.63, 3.8) is 0 Å². The minimum Gasteiger partial charge on any atom is -0.368 e. The zero-order valence-corrected chi connectivity index (χ0v) is 14.1. The van der Waals surface area contributed by atoms with Gasteiger partial charge in [-0.3, -0.25) is 0 Å². The van der Waals surface area contributed by atoms with Gasteiger partial charge in [-0.15, -0.1) is 0 Å². The second kappa shape index (κ2) is 7.51. The van der Waals surface area contributed by atoms with Gasteiger partial charge in [0.1, 0.15) is 0 Å². The first kappa shape index (κ1) is 17.2. The van der Waals surface area contributed by atoms with Crippen LogP contribution in [0, 0.1) is 11.6 Å². The molecular weight excluding hydrogens is 324 g/mol. The minimum atomic E-state index is -0.907. The molecule has 0 saturated carbocycles. The van der Waals surface area contributed by atoms with Crippen LogP contribution in [0.25, 0.3) is 0 Å². The van der Waals surface area contributed by atoms with Gasteiger partial charge in [0.15, 0.2) is 11.6 Å². The zero-order valence-electron chi connectivity index (χ0n) is 14.1. The monoisotopic (exact) mass is 345 g/mol. The molecule has 1 fully saturated rings. The molecule has 25 heavy (non-hydrogen) atoms. The molecule has 1 N–H and O–H groups in total. The number of nitrogens with one attached hydrogen (secondary N) is 1. The Morgan fingerprint density at radius 3 is 2.32 bits per heavy atom. The molecule has 1 aliphatic heterocycles. The van der Waals surface area contributed by atoms with Crippen molar-refractivity contribution in [3.05, 3.63) is 65.7 Å². The molecule has 6 heteroatoms. The van der Waals surface area contributed by atoms with Crippen LogP contribution >= 0.6 is 0 Å². The summed E-state index contributed by atoms with van der Waals surface area (Å²) in [5.74, 6) is -1.80. The van der Waals surface area contributed by atoms with E-state index in [1.807, 2.05) is 18.2 Å². The molecule has 0 aromatic heterocycles. The number of para-hydroxylation sites is 1. The van der Waals surface area contributed by atoms with Gasteiger partial charge in [-0.2, -0.15) is 0 Å². The largest absolute Gasteiger partial charge is 0.368 e. The first-order chi connectivity index (χ1) is 12.0. The molecule has 132 valence electrons. The Morgan fingerprint density at radius 2 is 1.68 bits per heavy atom. The van der Waals surface area contributed by atoms with Crippen molar-refractivity contribution in [1.29, 1.82) is 0 Å². The Bertz CT molecular complexity index is 731. The van der Waals surface area contributed by atoms with Crippen LogP contribution in [-0.4, -0.2) is 37.1 Å². The first-order valence-corrected chi connectivity index (χ1v) is 8.35. The molecule has 2 amide bonds. The number of carbonyl (C=O) groups is 1. The van der Waals surface area contributed by atoms with E-state index in [4.69, 9.17) is 0 Å². The predicted molar refractivity (Wildman–Crippen MR) is 93.5 cm³/mol. The zero-order chi connectivity index (χ0) is 17.8. The fourth-order valence-corrected chi connectivity index (χ4v) is 2.95. The molecule has 2 aromatic carbocycles. The number of carbonyl (C=O) groups excluding carboxylic acids is 1. The van der Waals surface area contributed by atoms with Gasteiger partial charge in [-0.1, -0.05) is 24.3 Å². The van der Waals surface area contributed by atoms with E-state index in [2.05, 4.69) is 22.3 Å². The Labute approximate surface area is 146 Å². The van der Waals surface area contributed by atoms with E-state index in [1.165, 1.54) is 6.07 Å². The highest BCUT2D eigenvalue weighted by atomic mass is 19.2. The maximum atomic E-state index is 13.3. The standard InChI is InChI=1S/C19H21F2N3O/c1-14(15-7-8-17(20)18(21)13-15)22-19(25)24-11-9-23(10-12-24)16-5-3-2-4-6-16/h2-8,13-14H,9-12H2,1H3,(H,22,25). The van der Waals surface area contributed by atoms with Gasteiger partial charge in [0, 0.05) is 31.9 Å². The molecule has 1 saturated heterocycles. The molecule has 4 nitrogen and oxygen atoms in total. The van der Waals surface area contributed by atoms with Crippen molar-refractivity contribution < 1.29 is 13.6 Å². The average molecular weight is 345 g/mol. The summed E-state index contributed by atoms with van der Waals surface area (Å²) in [7, 11) is 0. The molecule has 1 atom stereocenters. The third kappa shape index (κ3) is 4.07. The van der Waals surface area contributed by atoms with Crippen LogP contribution in [0.3, 0.4) is 0 Å². The van der Waals surface area contributed by atoms with Gasteiger partial charge < -0.3 is 15.1 Å². The number of halogens is 2. The number of nitrogens with zero attached hydrogens (tertiary/aromatic N) is 2. The molecular formula is C19H21F2N3O. The lowest BCUT2D eigenvalue weighted by Crippen LogP contribution is -2.52. The second-order valence-electron chi connectivity index (χ2n) is 6.15. The van der Waals surface area contributed by atoms with Gasteiger partial charge in [-0.25, -0.2) is 13.6 Å². The molecule has 1 aliphatic rings. The summed E-state index contributed by atoms with van der Waals surface area (Å²) < 4.78 is 26.3. The van der Waals surface area contributed by atoms with Gasteiger partial charge >= 0.3 is 6.03 Å². The van der Waals surface area contributed by atoms with Gasteiger partial charge in [0.2, 0.25) is 0 Å². The number of anilines is 1. The lowest BCUT2D eigenvalue weighted by atomic mass is 10.1. The van der Waals surface area contributed by atoms with Crippen LogP contribution in [0.1, 0.15) is 18.5 Å².